The topological polar surface area (TPSA) is 106 Å². The SMILES string of the molecule is COc1ccccc1NC(N)=NCC1CCCC1NS(C)(=O)=O.I. The van der Waals surface area contributed by atoms with E-state index in [1.54, 1.807) is 7.11 Å². The Morgan fingerprint density at radius 1 is 1.38 bits per heavy atom. The number of nitrogens with two attached hydrogens (primary N) is 1. The normalized spacial score (nSPS) is 21.2. The summed E-state index contributed by atoms with van der Waals surface area (Å²) >= 11 is 0. The Bertz CT molecular complexity index is 666. The predicted octanol–water partition coefficient (Wildman–Crippen LogP) is 1.76. The minimum atomic E-state index is -3.20. The van der Waals surface area contributed by atoms with Crippen LogP contribution in [0.4, 0.5) is 5.69 Å². The molecule has 2 rings (SSSR count). The van der Waals surface area contributed by atoms with Gasteiger partial charge in [-0.05, 0) is 30.9 Å². The number of rotatable bonds is 6. The molecule has 0 radical (unpaired) electrons. The number of hydrogen-bond donors (Lipinski definition) is 3. The summed E-state index contributed by atoms with van der Waals surface area (Å²) in [5.74, 6) is 1.14. The number of anilines is 1. The molecule has 24 heavy (non-hydrogen) atoms. The number of nitrogens with one attached hydrogen (secondary N) is 2. The van der Waals surface area contributed by atoms with Gasteiger partial charge < -0.3 is 15.8 Å². The fourth-order valence-corrected chi connectivity index (χ4v) is 3.69. The second-order valence-corrected chi connectivity index (χ2v) is 7.52. The van der Waals surface area contributed by atoms with Crippen molar-refractivity contribution in [2.45, 2.75) is 25.3 Å². The molecule has 0 aromatic heterocycles. The van der Waals surface area contributed by atoms with Crippen molar-refractivity contribution < 1.29 is 13.2 Å². The highest BCUT2D eigenvalue weighted by Crippen LogP contribution is 2.27. The van der Waals surface area contributed by atoms with Gasteiger partial charge in [0, 0.05) is 12.6 Å². The van der Waals surface area contributed by atoms with E-state index in [0.717, 1.165) is 24.9 Å². The summed E-state index contributed by atoms with van der Waals surface area (Å²) in [4.78, 5) is 4.35. The molecule has 1 aromatic carbocycles. The molecule has 136 valence electrons. The van der Waals surface area contributed by atoms with E-state index >= 15 is 0 Å². The summed E-state index contributed by atoms with van der Waals surface area (Å²) in [5, 5.41) is 3.01. The Kier molecular flexibility index (Phi) is 8.23. The van der Waals surface area contributed by atoms with E-state index in [1.165, 1.54) is 6.26 Å². The van der Waals surface area contributed by atoms with Crippen molar-refractivity contribution >= 4 is 45.6 Å². The van der Waals surface area contributed by atoms with Crippen LogP contribution in [0.2, 0.25) is 0 Å². The van der Waals surface area contributed by atoms with Crippen LogP contribution < -0.4 is 20.5 Å². The van der Waals surface area contributed by atoms with Crippen molar-refractivity contribution in [1.29, 1.82) is 0 Å². The Morgan fingerprint density at radius 3 is 2.75 bits per heavy atom. The molecule has 2 unspecified atom stereocenters. The van der Waals surface area contributed by atoms with Crippen LogP contribution in [0.25, 0.3) is 0 Å². The molecular weight excluding hydrogens is 443 g/mol. The van der Waals surface area contributed by atoms with Crippen molar-refractivity contribution in [3.05, 3.63) is 24.3 Å². The maximum Gasteiger partial charge on any atom is 0.208 e. The Morgan fingerprint density at radius 2 is 2.08 bits per heavy atom. The number of aliphatic imine (C=N–C) groups is 1. The number of ether oxygens (including phenoxy) is 1. The number of nitrogens with zero attached hydrogens (tertiary/aromatic N) is 1. The van der Waals surface area contributed by atoms with Crippen LogP contribution in [0.5, 0.6) is 5.75 Å². The van der Waals surface area contributed by atoms with Gasteiger partial charge in [0.1, 0.15) is 5.75 Å². The number of halogens is 1. The number of sulfonamides is 1. The van der Waals surface area contributed by atoms with Gasteiger partial charge in [0.15, 0.2) is 5.96 Å². The molecule has 0 spiro atoms. The van der Waals surface area contributed by atoms with Crippen molar-refractivity contribution in [1.82, 2.24) is 4.72 Å². The lowest BCUT2D eigenvalue weighted by Gasteiger charge is -2.18. The smallest absolute Gasteiger partial charge is 0.208 e. The standard InChI is InChI=1S/C15H24N4O3S.HI/c1-22-14-9-4-3-7-13(14)18-15(16)17-10-11-6-5-8-12(11)19-23(2,20)21;/h3-4,7,9,11-12,19H,5-6,8,10H2,1-2H3,(H3,16,17,18);1H. The molecule has 1 saturated carbocycles. The molecule has 1 aliphatic rings. The van der Waals surface area contributed by atoms with Gasteiger partial charge in [0.2, 0.25) is 10.0 Å². The zero-order valence-corrected chi connectivity index (χ0v) is 17.0. The van der Waals surface area contributed by atoms with Gasteiger partial charge in [-0.15, -0.1) is 24.0 Å². The average Bonchev–Trinajstić information content (AvgIpc) is 2.91. The van der Waals surface area contributed by atoms with E-state index < -0.39 is 10.0 Å². The number of hydrogen-bond acceptors (Lipinski definition) is 4. The number of methoxy groups -OCH3 is 1. The first-order valence-electron chi connectivity index (χ1n) is 7.56. The van der Waals surface area contributed by atoms with Gasteiger partial charge in [-0.3, -0.25) is 4.99 Å². The third-order valence-electron chi connectivity index (χ3n) is 3.89. The first kappa shape index (κ1) is 21.0. The number of benzene rings is 1. The molecule has 0 heterocycles. The lowest BCUT2D eigenvalue weighted by atomic mass is 10.1. The molecular formula is C15H25IN4O3S. The van der Waals surface area contributed by atoms with Crippen molar-refractivity contribution in [2.24, 2.45) is 16.6 Å². The molecule has 1 aliphatic carbocycles. The van der Waals surface area contributed by atoms with Crippen LogP contribution in [-0.2, 0) is 10.0 Å². The summed E-state index contributed by atoms with van der Waals surface area (Å²) in [6.07, 6.45) is 3.96. The number of para-hydroxylation sites is 2. The second-order valence-electron chi connectivity index (χ2n) is 5.74. The van der Waals surface area contributed by atoms with Crippen LogP contribution in [0.3, 0.4) is 0 Å². The molecule has 7 nitrogen and oxygen atoms in total. The lowest BCUT2D eigenvalue weighted by molar-refractivity contribution is 0.417. The largest absolute Gasteiger partial charge is 0.495 e. The summed E-state index contributed by atoms with van der Waals surface area (Å²) < 4.78 is 30.7. The van der Waals surface area contributed by atoms with Crippen LogP contribution >= 0.6 is 24.0 Å². The number of guanidine groups is 1. The Hall–Kier alpha value is -1.07. The van der Waals surface area contributed by atoms with Crippen molar-refractivity contribution in [3.63, 3.8) is 0 Å². The average molecular weight is 468 g/mol. The first-order valence-corrected chi connectivity index (χ1v) is 9.45. The first-order chi connectivity index (χ1) is 10.9. The van der Waals surface area contributed by atoms with Crippen LogP contribution in [0.1, 0.15) is 19.3 Å². The highest BCUT2D eigenvalue weighted by Gasteiger charge is 2.29. The van der Waals surface area contributed by atoms with Gasteiger partial charge in [-0.2, -0.15) is 0 Å². The van der Waals surface area contributed by atoms with E-state index in [9.17, 15) is 8.42 Å². The third kappa shape index (κ3) is 6.44. The summed E-state index contributed by atoms with van der Waals surface area (Å²) in [7, 11) is -1.61. The fraction of sp³-hybridized carbons (Fsp3) is 0.533. The monoisotopic (exact) mass is 468 g/mol. The molecule has 9 heteroatoms. The Balaban J connectivity index is 0.00000288. The highest BCUT2D eigenvalue weighted by atomic mass is 127. The van der Waals surface area contributed by atoms with Crippen LogP contribution in [0, 0.1) is 5.92 Å². The third-order valence-corrected chi connectivity index (χ3v) is 4.62. The summed E-state index contributed by atoms with van der Waals surface area (Å²) in [6, 6.07) is 7.37. The Labute approximate surface area is 160 Å². The summed E-state index contributed by atoms with van der Waals surface area (Å²) in [6.45, 7) is 0.487. The van der Waals surface area contributed by atoms with Crippen LogP contribution in [-0.4, -0.2) is 40.3 Å². The van der Waals surface area contributed by atoms with Gasteiger partial charge in [-0.25, -0.2) is 13.1 Å². The van der Waals surface area contributed by atoms with E-state index in [1.807, 2.05) is 24.3 Å². The second kappa shape index (κ2) is 9.42. The zero-order valence-electron chi connectivity index (χ0n) is 13.9. The molecule has 0 amide bonds. The van der Waals surface area contributed by atoms with Crippen LogP contribution in [0.15, 0.2) is 29.3 Å². The summed E-state index contributed by atoms with van der Waals surface area (Å²) in [5.41, 5.74) is 6.67. The molecule has 2 atom stereocenters. The predicted molar refractivity (Wildman–Crippen MR) is 108 cm³/mol. The van der Waals surface area contributed by atoms with E-state index in [-0.39, 0.29) is 35.9 Å². The molecule has 0 aliphatic heterocycles. The molecule has 0 saturated heterocycles. The molecule has 1 fully saturated rings. The fourth-order valence-electron chi connectivity index (χ4n) is 2.83. The van der Waals surface area contributed by atoms with Crippen molar-refractivity contribution in [2.75, 3.05) is 25.2 Å². The van der Waals surface area contributed by atoms with Crippen molar-refractivity contribution in [3.8, 4) is 5.75 Å². The minimum absolute atomic E-state index is 0. The van der Waals surface area contributed by atoms with E-state index in [4.69, 9.17) is 10.5 Å². The zero-order chi connectivity index (χ0) is 16.9. The minimum Gasteiger partial charge on any atom is -0.495 e. The lowest BCUT2D eigenvalue weighted by Crippen LogP contribution is -2.38. The van der Waals surface area contributed by atoms with Gasteiger partial charge in [0.05, 0.1) is 19.1 Å². The van der Waals surface area contributed by atoms with Gasteiger partial charge in [0.25, 0.3) is 0 Å². The molecule has 0 bridgehead atoms. The maximum atomic E-state index is 11.4. The van der Waals surface area contributed by atoms with Gasteiger partial charge >= 0.3 is 0 Å². The van der Waals surface area contributed by atoms with E-state index in [0.29, 0.717) is 18.3 Å². The molecule has 4 N–H and O–H groups in total. The van der Waals surface area contributed by atoms with Gasteiger partial charge in [-0.1, -0.05) is 18.6 Å². The quantitative estimate of drug-likeness (QED) is 0.335. The maximum absolute atomic E-state index is 11.4. The molecule has 1 aromatic rings. The van der Waals surface area contributed by atoms with E-state index in [2.05, 4.69) is 15.0 Å². The highest BCUT2D eigenvalue weighted by molar-refractivity contribution is 14.0.